The maximum Gasteiger partial charge on any atom is 0.164 e. The van der Waals surface area contributed by atoms with Crippen molar-refractivity contribution in [3.8, 4) is 90.1 Å². The second-order valence-corrected chi connectivity index (χ2v) is 15.1. The summed E-state index contributed by atoms with van der Waals surface area (Å²) in [6.07, 6.45) is 2.09. The van der Waals surface area contributed by atoms with Crippen molar-refractivity contribution in [1.82, 2.24) is 24.3 Å². The molecule has 0 aliphatic carbocycles. The SMILES string of the molecule is c1ccc(-c2ccc(-c3nc(-c4ccc(-c5ccccc5)cc4)nc(-c4cccc(-c5ccc(-c6c(-c7cccc8ccccc78)nc7ccccn67)cc5)c4)n3)cc2)cc1. The van der Waals surface area contributed by atoms with Gasteiger partial charge < -0.3 is 0 Å². The molecule has 0 amide bonds. The molecule has 0 unspecified atom stereocenters. The van der Waals surface area contributed by atoms with Gasteiger partial charge >= 0.3 is 0 Å². The van der Waals surface area contributed by atoms with E-state index in [0.29, 0.717) is 17.5 Å². The number of aromatic nitrogens is 5. The molecule has 0 aliphatic rings. The molecule has 0 saturated heterocycles. The van der Waals surface area contributed by atoms with Crippen LogP contribution < -0.4 is 0 Å². The summed E-state index contributed by atoms with van der Waals surface area (Å²) >= 11 is 0. The molecule has 0 N–H and O–H groups in total. The lowest BCUT2D eigenvalue weighted by Gasteiger charge is -2.11. The van der Waals surface area contributed by atoms with E-state index in [9.17, 15) is 0 Å². The van der Waals surface area contributed by atoms with Gasteiger partial charge in [-0.25, -0.2) is 19.9 Å². The van der Waals surface area contributed by atoms with Gasteiger partial charge in [-0.1, -0.05) is 200 Å². The molecular weight excluding hydrogens is 743 g/mol. The molecule has 11 aromatic rings. The smallest absolute Gasteiger partial charge is 0.164 e. The second kappa shape index (κ2) is 15.5. The Morgan fingerprint density at radius 2 is 0.738 bits per heavy atom. The van der Waals surface area contributed by atoms with Crippen molar-refractivity contribution in [2.24, 2.45) is 0 Å². The quantitative estimate of drug-likeness (QED) is 0.154. The van der Waals surface area contributed by atoms with Gasteiger partial charge in [0.2, 0.25) is 0 Å². The van der Waals surface area contributed by atoms with Crippen LogP contribution >= 0.6 is 0 Å². The van der Waals surface area contributed by atoms with Crippen LogP contribution in [0, 0.1) is 0 Å². The average Bonchev–Trinajstić information content (AvgIpc) is 3.74. The van der Waals surface area contributed by atoms with Gasteiger partial charge in [-0.2, -0.15) is 0 Å². The Morgan fingerprint density at radius 1 is 0.295 bits per heavy atom. The van der Waals surface area contributed by atoms with E-state index in [0.717, 1.165) is 67.1 Å². The van der Waals surface area contributed by atoms with Gasteiger partial charge in [-0.3, -0.25) is 4.40 Å². The highest BCUT2D eigenvalue weighted by molar-refractivity contribution is 5.99. The van der Waals surface area contributed by atoms with Gasteiger partial charge in [0.05, 0.1) is 11.4 Å². The Kier molecular flexibility index (Phi) is 9.10. The molecule has 3 heterocycles. The van der Waals surface area contributed by atoms with Crippen molar-refractivity contribution < 1.29 is 0 Å². The fourth-order valence-corrected chi connectivity index (χ4v) is 8.20. The van der Waals surface area contributed by atoms with Gasteiger partial charge in [0.1, 0.15) is 5.65 Å². The Labute approximate surface area is 354 Å². The Morgan fingerprint density at radius 3 is 1.38 bits per heavy atom. The molecule has 0 aliphatic heterocycles. The van der Waals surface area contributed by atoms with Gasteiger partial charge in [0.15, 0.2) is 17.5 Å². The summed E-state index contributed by atoms with van der Waals surface area (Å²) in [5.41, 5.74) is 14.7. The number of fused-ring (bicyclic) bond motifs is 2. The standard InChI is InChI=1S/C56H37N5/c1-3-13-38(14-4-1)40-26-32-45(33-27-40)54-58-55(46-34-28-41(29-35-46)39-15-5-2-6-16-39)60-56(59-54)48-20-11-19-47(37-48)42-24-30-44(31-25-42)53-52(57-51-23-9-10-36-61(51)53)50-22-12-18-43-17-7-8-21-49(43)50/h1-37H. The van der Waals surface area contributed by atoms with Crippen molar-refractivity contribution in [3.63, 3.8) is 0 Å². The first-order valence-corrected chi connectivity index (χ1v) is 20.5. The monoisotopic (exact) mass is 779 g/mol. The summed E-state index contributed by atoms with van der Waals surface area (Å²) in [6, 6.07) is 76.0. The van der Waals surface area contributed by atoms with Crippen molar-refractivity contribution in [2.75, 3.05) is 0 Å². The van der Waals surface area contributed by atoms with E-state index < -0.39 is 0 Å². The Bertz CT molecular complexity index is 3210. The van der Waals surface area contributed by atoms with Crippen LogP contribution in [0.1, 0.15) is 0 Å². The predicted octanol–water partition coefficient (Wildman–Crippen LogP) is 14.0. The van der Waals surface area contributed by atoms with E-state index in [-0.39, 0.29) is 0 Å². The number of rotatable bonds is 8. The third kappa shape index (κ3) is 6.94. The lowest BCUT2D eigenvalue weighted by molar-refractivity contribution is 1.07. The largest absolute Gasteiger partial charge is 0.299 e. The van der Waals surface area contributed by atoms with E-state index in [1.165, 1.54) is 21.9 Å². The maximum absolute atomic E-state index is 5.17. The first-order valence-electron chi connectivity index (χ1n) is 20.5. The minimum Gasteiger partial charge on any atom is -0.299 e. The molecule has 286 valence electrons. The molecule has 11 rings (SSSR count). The third-order valence-electron chi connectivity index (χ3n) is 11.3. The number of nitrogens with zero attached hydrogens (tertiary/aromatic N) is 5. The molecular formula is C56H37N5. The minimum absolute atomic E-state index is 0.614. The molecule has 0 fully saturated rings. The Balaban J connectivity index is 0.970. The first kappa shape index (κ1) is 35.8. The number of hydrogen-bond donors (Lipinski definition) is 0. The van der Waals surface area contributed by atoms with Crippen LogP contribution in [0.25, 0.3) is 106 Å². The average molecular weight is 780 g/mol. The molecule has 0 spiro atoms. The van der Waals surface area contributed by atoms with Crippen LogP contribution in [0.5, 0.6) is 0 Å². The van der Waals surface area contributed by atoms with E-state index in [1.807, 2.05) is 18.2 Å². The summed E-state index contributed by atoms with van der Waals surface area (Å²) in [6.45, 7) is 0. The van der Waals surface area contributed by atoms with Gasteiger partial charge in [-0.05, 0) is 62.4 Å². The number of imidazole rings is 1. The van der Waals surface area contributed by atoms with Crippen molar-refractivity contribution in [3.05, 3.63) is 225 Å². The van der Waals surface area contributed by atoms with Gasteiger partial charge in [0, 0.05) is 34.0 Å². The fourth-order valence-electron chi connectivity index (χ4n) is 8.20. The molecule has 5 heteroatoms. The lowest BCUT2D eigenvalue weighted by Crippen LogP contribution is -2.00. The van der Waals surface area contributed by atoms with Crippen molar-refractivity contribution in [2.45, 2.75) is 0 Å². The first-order chi connectivity index (χ1) is 30.2. The summed E-state index contributed by atoms with van der Waals surface area (Å²) in [4.78, 5) is 20.4. The van der Waals surface area contributed by atoms with Crippen LogP contribution in [0.3, 0.4) is 0 Å². The topological polar surface area (TPSA) is 56.0 Å². The van der Waals surface area contributed by atoms with Crippen molar-refractivity contribution >= 4 is 16.4 Å². The molecule has 0 saturated carbocycles. The molecule has 5 nitrogen and oxygen atoms in total. The van der Waals surface area contributed by atoms with Crippen LogP contribution in [-0.2, 0) is 0 Å². The maximum atomic E-state index is 5.17. The van der Waals surface area contributed by atoms with Gasteiger partial charge in [0.25, 0.3) is 0 Å². The molecule has 0 radical (unpaired) electrons. The number of benzene rings is 8. The van der Waals surface area contributed by atoms with E-state index in [1.54, 1.807) is 0 Å². The molecule has 8 aromatic carbocycles. The highest BCUT2D eigenvalue weighted by Crippen LogP contribution is 2.38. The highest BCUT2D eigenvalue weighted by atomic mass is 15.0. The fraction of sp³-hybridized carbons (Fsp3) is 0. The highest BCUT2D eigenvalue weighted by Gasteiger charge is 2.19. The van der Waals surface area contributed by atoms with Crippen molar-refractivity contribution in [1.29, 1.82) is 0 Å². The van der Waals surface area contributed by atoms with Crippen LogP contribution in [-0.4, -0.2) is 24.3 Å². The zero-order valence-corrected chi connectivity index (χ0v) is 33.1. The number of pyridine rings is 1. The zero-order valence-electron chi connectivity index (χ0n) is 33.1. The summed E-state index contributed by atoms with van der Waals surface area (Å²) in [5, 5.41) is 2.37. The molecule has 61 heavy (non-hydrogen) atoms. The molecule has 3 aromatic heterocycles. The van der Waals surface area contributed by atoms with Crippen LogP contribution in [0.4, 0.5) is 0 Å². The summed E-state index contributed by atoms with van der Waals surface area (Å²) in [7, 11) is 0. The second-order valence-electron chi connectivity index (χ2n) is 15.1. The minimum atomic E-state index is 0.614. The number of hydrogen-bond acceptors (Lipinski definition) is 4. The zero-order chi connectivity index (χ0) is 40.5. The van der Waals surface area contributed by atoms with Crippen LogP contribution in [0.15, 0.2) is 225 Å². The van der Waals surface area contributed by atoms with E-state index >= 15 is 0 Å². The van der Waals surface area contributed by atoms with E-state index in [4.69, 9.17) is 19.9 Å². The van der Waals surface area contributed by atoms with E-state index in [2.05, 4.69) is 211 Å². The summed E-state index contributed by atoms with van der Waals surface area (Å²) < 4.78 is 2.19. The molecule has 0 atom stereocenters. The Hall–Kier alpha value is -8.28. The van der Waals surface area contributed by atoms with Crippen LogP contribution in [0.2, 0.25) is 0 Å². The normalized spacial score (nSPS) is 11.3. The van der Waals surface area contributed by atoms with Gasteiger partial charge in [-0.15, -0.1) is 0 Å². The predicted molar refractivity (Wildman–Crippen MR) is 250 cm³/mol. The molecule has 0 bridgehead atoms. The lowest BCUT2D eigenvalue weighted by atomic mass is 9.97. The summed E-state index contributed by atoms with van der Waals surface area (Å²) in [5.74, 6) is 1.86. The third-order valence-corrected chi connectivity index (χ3v) is 11.3.